The zero-order valence-corrected chi connectivity index (χ0v) is 18.3. The van der Waals surface area contributed by atoms with Gasteiger partial charge in [0.15, 0.2) is 17.5 Å². The van der Waals surface area contributed by atoms with Crippen molar-refractivity contribution in [2.45, 2.75) is 32.7 Å². The number of nitrogens with one attached hydrogen (secondary N) is 2. The number of nitrogens with zero attached hydrogens (tertiary/aromatic N) is 1. The first-order chi connectivity index (χ1) is 13.9. The number of rotatable bonds is 9. The first-order valence-electron chi connectivity index (χ1n) is 9.81. The third-order valence-corrected chi connectivity index (χ3v) is 4.81. The van der Waals surface area contributed by atoms with Gasteiger partial charge in [-0.15, -0.1) is 0 Å². The van der Waals surface area contributed by atoms with E-state index in [-0.39, 0.29) is 5.41 Å². The minimum atomic E-state index is -0.139. The van der Waals surface area contributed by atoms with Crippen molar-refractivity contribution in [3.63, 3.8) is 0 Å². The van der Waals surface area contributed by atoms with Gasteiger partial charge in [-0.25, -0.2) is 4.99 Å². The van der Waals surface area contributed by atoms with Crippen molar-refractivity contribution in [2.24, 2.45) is 4.99 Å². The van der Waals surface area contributed by atoms with Gasteiger partial charge in [0.05, 0.1) is 27.9 Å². The Morgan fingerprint density at radius 3 is 2.24 bits per heavy atom. The maximum Gasteiger partial charge on any atom is 0.191 e. The molecule has 6 nitrogen and oxygen atoms in total. The zero-order chi connectivity index (χ0) is 21.3. The highest BCUT2D eigenvalue weighted by atomic mass is 16.5. The van der Waals surface area contributed by atoms with Crippen molar-refractivity contribution < 1.29 is 14.2 Å². The van der Waals surface area contributed by atoms with Gasteiger partial charge in [0.1, 0.15) is 5.75 Å². The molecule has 158 valence electrons. The van der Waals surface area contributed by atoms with Gasteiger partial charge in [0, 0.05) is 24.1 Å². The average Bonchev–Trinajstić information content (AvgIpc) is 2.75. The summed E-state index contributed by atoms with van der Waals surface area (Å²) in [7, 11) is 4.98. The summed E-state index contributed by atoms with van der Waals surface area (Å²) in [5.74, 6) is 3.08. The van der Waals surface area contributed by atoms with E-state index in [1.165, 1.54) is 0 Å². The highest BCUT2D eigenvalue weighted by Gasteiger charge is 2.22. The van der Waals surface area contributed by atoms with Crippen LogP contribution in [0.1, 0.15) is 31.9 Å². The van der Waals surface area contributed by atoms with E-state index in [0.29, 0.717) is 13.1 Å². The molecule has 0 aliphatic rings. The molecule has 2 rings (SSSR count). The van der Waals surface area contributed by atoms with Gasteiger partial charge in [-0.3, -0.25) is 0 Å². The van der Waals surface area contributed by atoms with Crippen LogP contribution in [-0.2, 0) is 12.0 Å². The lowest BCUT2D eigenvalue weighted by atomic mass is 9.84. The van der Waals surface area contributed by atoms with Gasteiger partial charge in [-0.05, 0) is 30.7 Å². The topological polar surface area (TPSA) is 64.1 Å². The summed E-state index contributed by atoms with van der Waals surface area (Å²) in [4.78, 5) is 4.72. The summed E-state index contributed by atoms with van der Waals surface area (Å²) >= 11 is 0. The monoisotopic (exact) mass is 399 g/mol. The Hall–Kier alpha value is -2.89. The predicted molar refractivity (Wildman–Crippen MR) is 118 cm³/mol. The van der Waals surface area contributed by atoms with Gasteiger partial charge >= 0.3 is 0 Å². The normalized spacial score (nSPS) is 11.7. The van der Waals surface area contributed by atoms with Gasteiger partial charge in [-0.1, -0.05) is 38.1 Å². The van der Waals surface area contributed by atoms with Gasteiger partial charge in [0.25, 0.3) is 0 Å². The highest BCUT2D eigenvalue weighted by molar-refractivity contribution is 5.80. The second kappa shape index (κ2) is 10.6. The number of benzene rings is 2. The molecule has 29 heavy (non-hydrogen) atoms. The van der Waals surface area contributed by atoms with E-state index >= 15 is 0 Å². The standard InChI is InChI=1S/C23H33N3O3/c1-7-24-22(25-15-17-10-8-9-11-19(17)27-4)26-16-23(2,3)18-12-13-20(28-5)21(14-18)29-6/h8-14H,7,15-16H2,1-6H3,(H2,24,25,26). The average molecular weight is 400 g/mol. The number of guanidine groups is 1. The van der Waals surface area contributed by atoms with E-state index in [1.54, 1.807) is 21.3 Å². The fourth-order valence-corrected chi connectivity index (χ4v) is 3.00. The van der Waals surface area contributed by atoms with Crippen molar-refractivity contribution >= 4 is 5.96 Å². The van der Waals surface area contributed by atoms with E-state index in [2.05, 4.69) is 37.5 Å². The molecular formula is C23H33N3O3. The van der Waals surface area contributed by atoms with Crippen LogP contribution in [0.5, 0.6) is 17.2 Å². The maximum atomic E-state index is 5.45. The minimum Gasteiger partial charge on any atom is -0.496 e. The van der Waals surface area contributed by atoms with Gasteiger partial charge < -0.3 is 24.8 Å². The Balaban J connectivity index is 2.12. The van der Waals surface area contributed by atoms with E-state index in [0.717, 1.165) is 40.9 Å². The van der Waals surface area contributed by atoms with Crippen molar-refractivity contribution in [3.8, 4) is 17.2 Å². The minimum absolute atomic E-state index is 0.139. The molecule has 0 saturated carbocycles. The lowest BCUT2D eigenvalue weighted by Gasteiger charge is -2.27. The maximum absolute atomic E-state index is 5.45. The number of hydrogen-bond donors (Lipinski definition) is 2. The third-order valence-electron chi connectivity index (χ3n) is 4.81. The van der Waals surface area contributed by atoms with Crippen LogP contribution in [0.3, 0.4) is 0 Å². The van der Waals surface area contributed by atoms with E-state index in [4.69, 9.17) is 19.2 Å². The van der Waals surface area contributed by atoms with Crippen LogP contribution in [0.2, 0.25) is 0 Å². The smallest absolute Gasteiger partial charge is 0.191 e. The summed E-state index contributed by atoms with van der Waals surface area (Å²) in [6.45, 7) is 8.46. The van der Waals surface area contributed by atoms with E-state index in [9.17, 15) is 0 Å². The molecule has 0 aromatic heterocycles. The fraction of sp³-hybridized carbons (Fsp3) is 0.435. The SMILES string of the molecule is CCNC(=NCc1ccccc1OC)NCC(C)(C)c1ccc(OC)c(OC)c1. The Kier molecular flexibility index (Phi) is 8.19. The van der Waals surface area contributed by atoms with Crippen LogP contribution in [0, 0.1) is 0 Å². The molecule has 0 fully saturated rings. The molecule has 0 aliphatic carbocycles. The molecule has 0 aliphatic heterocycles. The first-order valence-corrected chi connectivity index (χ1v) is 9.81. The molecule has 2 aromatic carbocycles. The van der Waals surface area contributed by atoms with Crippen molar-refractivity contribution in [1.29, 1.82) is 0 Å². The molecule has 0 heterocycles. The van der Waals surface area contributed by atoms with Crippen LogP contribution in [0.4, 0.5) is 0 Å². The molecule has 0 atom stereocenters. The molecule has 6 heteroatoms. The summed E-state index contributed by atoms with van der Waals surface area (Å²) in [5, 5.41) is 6.77. The number of aliphatic imine (C=N–C) groups is 1. The Bertz CT molecular complexity index is 819. The number of ether oxygens (including phenoxy) is 3. The Morgan fingerprint density at radius 1 is 0.897 bits per heavy atom. The second-order valence-corrected chi connectivity index (χ2v) is 7.31. The molecule has 0 amide bonds. The molecule has 2 N–H and O–H groups in total. The predicted octanol–water partition coefficient (Wildman–Crippen LogP) is 3.75. The van der Waals surface area contributed by atoms with E-state index < -0.39 is 0 Å². The summed E-state index contributed by atoms with van der Waals surface area (Å²) in [6, 6.07) is 14.0. The van der Waals surface area contributed by atoms with Crippen LogP contribution in [0.15, 0.2) is 47.5 Å². The molecule has 2 aromatic rings. The van der Waals surface area contributed by atoms with E-state index in [1.807, 2.05) is 36.4 Å². The molecular weight excluding hydrogens is 366 g/mol. The van der Waals surface area contributed by atoms with Crippen LogP contribution >= 0.6 is 0 Å². The van der Waals surface area contributed by atoms with Gasteiger partial charge in [0.2, 0.25) is 0 Å². The Morgan fingerprint density at radius 2 is 1.59 bits per heavy atom. The highest BCUT2D eigenvalue weighted by Crippen LogP contribution is 2.32. The van der Waals surface area contributed by atoms with Crippen molar-refractivity contribution in [2.75, 3.05) is 34.4 Å². The van der Waals surface area contributed by atoms with Crippen LogP contribution in [-0.4, -0.2) is 40.4 Å². The largest absolute Gasteiger partial charge is 0.496 e. The Labute approximate surface area is 174 Å². The zero-order valence-electron chi connectivity index (χ0n) is 18.3. The molecule has 0 unspecified atom stereocenters. The fourth-order valence-electron chi connectivity index (χ4n) is 3.00. The molecule has 0 bridgehead atoms. The summed E-state index contributed by atoms with van der Waals surface area (Å²) in [6.07, 6.45) is 0. The number of para-hydroxylation sites is 1. The first kappa shape index (κ1) is 22.4. The summed E-state index contributed by atoms with van der Waals surface area (Å²) < 4.78 is 16.2. The molecule has 0 radical (unpaired) electrons. The lowest BCUT2D eigenvalue weighted by molar-refractivity contribution is 0.353. The summed E-state index contributed by atoms with van der Waals surface area (Å²) in [5.41, 5.74) is 2.06. The third kappa shape index (κ3) is 6.04. The van der Waals surface area contributed by atoms with Gasteiger partial charge in [-0.2, -0.15) is 0 Å². The number of hydrogen-bond acceptors (Lipinski definition) is 4. The molecule has 0 spiro atoms. The van der Waals surface area contributed by atoms with Crippen LogP contribution < -0.4 is 24.8 Å². The number of methoxy groups -OCH3 is 3. The lowest BCUT2D eigenvalue weighted by Crippen LogP contribution is -2.43. The second-order valence-electron chi connectivity index (χ2n) is 7.31. The quantitative estimate of drug-likeness (QED) is 0.497. The van der Waals surface area contributed by atoms with Crippen LogP contribution in [0.25, 0.3) is 0 Å². The van der Waals surface area contributed by atoms with Crippen molar-refractivity contribution in [3.05, 3.63) is 53.6 Å². The van der Waals surface area contributed by atoms with Crippen molar-refractivity contribution in [1.82, 2.24) is 10.6 Å². The molecule has 0 saturated heterocycles.